The summed E-state index contributed by atoms with van der Waals surface area (Å²) < 4.78 is 46.0. The van der Waals surface area contributed by atoms with Gasteiger partial charge in [0.1, 0.15) is 11.6 Å². The first-order valence-electron chi connectivity index (χ1n) is 12.8. The summed E-state index contributed by atoms with van der Waals surface area (Å²) in [5.74, 6) is -3.67. The number of hydrogen-bond donors (Lipinski definition) is 4. The summed E-state index contributed by atoms with van der Waals surface area (Å²) in [6.07, 6.45) is 1.57. The van der Waals surface area contributed by atoms with Crippen molar-refractivity contribution in [2.45, 2.75) is 38.4 Å². The molecule has 1 aliphatic heterocycles. The molecule has 0 spiro atoms. The van der Waals surface area contributed by atoms with Gasteiger partial charge in [-0.3, -0.25) is 9.78 Å². The van der Waals surface area contributed by atoms with E-state index in [1.165, 1.54) is 13.3 Å². The zero-order valence-corrected chi connectivity index (χ0v) is 21.6. The lowest BCUT2D eigenvalue weighted by Crippen LogP contribution is -2.45. The second-order valence-electron chi connectivity index (χ2n) is 9.90. The van der Waals surface area contributed by atoms with E-state index in [4.69, 9.17) is 4.74 Å². The number of pyridine rings is 1. The van der Waals surface area contributed by atoms with Gasteiger partial charge in [0.25, 0.3) is 0 Å². The summed E-state index contributed by atoms with van der Waals surface area (Å²) in [7, 11) is 1.53. The number of hydrogen-bond acceptors (Lipinski definition) is 7. The molecule has 1 aromatic heterocycles. The van der Waals surface area contributed by atoms with Crippen molar-refractivity contribution in [3.63, 3.8) is 0 Å². The number of rotatable bonds is 11. The first-order valence-corrected chi connectivity index (χ1v) is 12.8. The van der Waals surface area contributed by atoms with E-state index in [-0.39, 0.29) is 31.7 Å². The Hall–Kier alpha value is -3.41. The van der Waals surface area contributed by atoms with Crippen molar-refractivity contribution in [3.8, 4) is 5.75 Å². The standard InChI is InChI=1S/C28H32F3N3O5/c1-39-19-2-3-22-20(14-19)25(17(16-35)15-33-22)24(36)4-5-28(27(37)38)6-9-34(10-7-28)11-8-32-23-13-18(29)12-21(30)26(23)31/h2-3,12-15,24,32,35-36H,4-11,16H2,1H3,(H,37,38)/t24-/m1/s1. The van der Waals surface area contributed by atoms with Gasteiger partial charge in [-0.1, -0.05) is 0 Å². The minimum Gasteiger partial charge on any atom is -0.497 e. The zero-order valence-electron chi connectivity index (χ0n) is 21.6. The van der Waals surface area contributed by atoms with Gasteiger partial charge in [-0.05, 0) is 62.5 Å². The van der Waals surface area contributed by atoms with Gasteiger partial charge in [-0.15, -0.1) is 0 Å². The number of methoxy groups -OCH3 is 1. The smallest absolute Gasteiger partial charge is 0.309 e. The molecule has 2 heterocycles. The van der Waals surface area contributed by atoms with Crippen molar-refractivity contribution in [1.82, 2.24) is 9.88 Å². The Morgan fingerprint density at radius 1 is 1.21 bits per heavy atom. The second-order valence-corrected chi connectivity index (χ2v) is 9.90. The molecule has 1 saturated heterocycles. The van der Waals surface area contributed by atoms with Gasteiger partial charge in [0.15, 0.2) is 11.6 Å². The van der Waals surface area contributed by atoms with Crippen molar-refractivity contribution >= 4 is 22.6 Å². The van der Waals surface area contributed by atoms with Crippen LogP contribution >= 0.6 is 0 Å². The number of ether oxygens (including phenoxy) is 1. The van der Waals surface area contributed by atoms with E-state index in [1.807, 2.05) is 4.90 Å². The maximum atomic E-state index is 13.9. The van der Waals surface area contributed by atoms with Crippen LogP contribution in [0.5, 0.6) is 5.75 Å². The normalized spacial score (nSPS) is 16.3. The number of aliphatic hydroxyl groups is 2. The topological polar surface area (TPSA) is 115 Å². The molecule has 0 aliphatic carbocycles. The number of fused-ring (bicyclic) bond motifs is 1. The zero-order chi connectivity index (χ0) is 28.2. The predicted octanol–water partition coefficient (Wildman–Crippen LogP) is 4.25. The Morgan fingerprint density at radius 2 is 1.95 bits per heavy atom. The van der Waals surface area contributed by atoms with Gasteiger partial charge in [0.2, 0.25) is 0 Å². The number of anilines is 1. The maximum Gasteiger partial charge on any atom is 0.309 e. The first-order chi connectivity index (χ1) is 18.7. The van der Waals surface area contributed by atoms with Crippen molar-refractivity contribution in [1.29, 1.82) is 0 Å². The van der Waals surface area contributed by atoms with Crippen LogP contribution in [0.4, 0.5) is 18.9 Å². The number of aromatic nitrogens is 1. The largest absolute Gasteiger partial charge is 0.497 e. The average Bonchev–Trinajstić information content (AvgIpc) is 2.93. The summed E-state index contributed by atoms with van der Waals surface area (Å²) in [6, 6.07) is 6.61. The molecule has 4 rings (SSSR count). The highest BCUT2D eigenvalue weighted by molar-refractivity contribution is 5.85. The van der Waals surface area contributed by atoms with Crippen LogP contribution in [0.25, 0.3) is 10.9 Å². The Kier molecular flexibility index (Phi) is 8.94. The molecule has 4 N–H and O–H groups in total. The molecular weight excluding hydrogens is 515 g/mol. The second kappa shape index (κ2) is 12.2. The molecule has 1 aliphatic rings. The molecule has 0 amide bonds. The number of carboxylic acids is 1. The number of likely N-dealkylation sites (tertiary alicyclic amines) is 1. The van der Waals surface area contributed by atoms with E-state index in [0.717, 1.165) is 6.07 Å². The lowest BCUT2D eigenvalue weighted by Gasteiger charge is -2.39. The number of aliphatic carboxylic acids is 1. The van der Waals surface area contributed by atoms with Crippen LogP contribution in [0.1, 0.15) is 42.9 Å². The molecular formula is C28H32F3N3O5. The number of carbonyl (C=O) groups is 1. The predicted molar refractivity (Wildman–Crippen MR) is 139 cm³/mol. The Labute approximate surface area is 224 Å². The van der Waals surface area contributed by atoms with Gasteiger partial charge in [-0.2, -0.15) is 0 Å². The van der Waals surface area contributed by atoms with E-state index in [1.54, 1.807) is 18.2 Å². The van der Waals surface area contributed by atoms with Gasteiger partial charge < -0.3 is 30.3 Å². The van der Waals surface area contributed by atoms with E-state index >= 15 is 0 Å². The third-order valence-corrected chi connectivity index (χ3v) is 7.60. The number of benzene rings is 2. The van der Waals surface area contributed by atoms with Crippen LogP contribution in [0.15, 0.2) is 36.5 Å². The van der Waals surface area contributed by atoms with Crippen LogP contribution in [0, 0.1) is 22.9 Å². The van der Waals surface area contributed by atoms with E-state index < -0.39 is 34.9 Å². The third kappa shape index (κ3) is 6.26. The highest BCUT2D eigenvalue weighted by Crippen LogP contribution is 2.40. The Bertz CT molecular complexity index is 1330. The van der Waals surface area contributed by atoms with E-state index in [2.05, 4.69) is 10.3 Å². The minimum atomic E-state index is -1.27. The first kappa shape index (κ1) is 28.6. The highest BCUT2D eigenvalue weighted by atomic mass is 19.2. The van der Waals surface area contributed by atoms with Crippen molar-refractivity contribution in [2.24, 2.45) is 5.41 Å². The van der Waals surface area contributed by atoms with Crippen LogP contribution in [-0.2, 0) is 11.4 Å². The summed E-state index contributed by atoms with van der Waals surface area (Å²) in [6.45, 7) is 1.25. The van der Waals surface area contributed by atoms with Gasteiger partial charge in [0.05, 0.1) is 36.4 Å². The van der Waals surface area contributed by atoms with Crippen LogP contribution < -0.4 is 10.1 Å². The number of nitrogens with zero attached hydrogens (tertiary/aromatic N) is 2. The molecule has 0 radical (unpaired) electrons. The molecule has 11 heteroatoms. The quantitative estimate of drug-likeness (QED) is 0.264. The highest BCUT2D eigenvalue weighted by Gasteiger charge is 2.41. The van der Waals surface area contributed by atoms with E-state index in [9.17, 15) is 33.3 Å². The summed E-state index contributed by atoms with van der Waals surface area (Å²) in [5.41, 5.74) is 0.290. The molecule has 2 aromatic carbocycles. The van der Waals surface area contributed by atoms with Crippen LogP contribution in [-0.4, -0.2) is 64.5 Å². The molecule has 210 valence electrons. The molecule has 1 atom stereocenters. The summed E-state index contributed by atoms with van der Waals surface area (Å²) in [4.78, 5) is 18.7. The summed E-state index contributed by atoms with van der Waals surface area (Å²) in [5, 5.41) is 34.5. The van der Waals surface area contributed by atoms with Crippen molar-refractivity contribution < 1.29 is 38.0 Å². The molecule has 3 aromatic rings. The van der Waals surface area contributed by atoms with Gasteiger partial charge in [0, 0.05) is 42.4 Å². The maximum absolute atomic E-state index is 13.9. The minimum absolute atomic E-state index is 0.168. The van der Waals surface area contributed by atoms with E-state index in [0.29, 0.717) is 66.3 Å². The molecule has 8 nitrogen and oxygen atoms in total. The number of piperidine rings is 1. The van der Waals surface area contributed by atoms with Crippen LogP contribution in [0.2, 0.25) is 0 Å². The molecule has 1 fully saturated rings. The van der Waals surface area contributed by atoms with Crippen molar-refractivity contribution in [2.75, 3.05) is 38.6 Å². The van der Waals surface area contributed by atoms with Crippen LogP contribution in [0.3, 0.4) is 0 Å². The lowest BCUT2D eigenvalue weighted by molar-refractivity contribution is -0.153. The van der Waals surface area contributed by atoms with Gasteiger partial charge >= 0.3 is 5.97 Å². The SMILES string of the molecule is COc1ccc2ncc(CO)c([C@H](O)CCC3(C(=O)O)CCN(CCNc4cc(F)cc(F)c4F)CC3)c2c1. The Balaban J connectivity index is 1.39. The molecule has 0 bridgehead atoms. The van der Waals surface area contributed by atoms with Crippen molar-refractivity contribution in [3.05, 3.63) is 65.1 Å². The fourth-order valence-electron chi connectivity index (χ4n) is 5.25. The summed E-state index contributed by atoms with van der Waals surface area (Å²) >= 11 is 0. The van der Waals surface area contributed by atoms with Gasteiger partial charge in [-0.25, -0.2) is 13.2 Å². The third-order valence-electron chi connectivity index (χ3n) is 7.60. The molecule has 39 heavy (non-hydrogen) atoms. The number of carboxylic acid groups (broad SMARTS) is 1. The fraction of sp³-hybridized carbons (Fsp3) is 0.429. The fourth-order valence-corrected chi connectivity index (χ4v) is 5.25. The number of halogens is 3. The number of aliphatic hydroxyl groups excluding tert-OH is 2. The number of nitrogens with one attached hydrogen (secondary N) is 1. The average molecular weight is 548 g/mol. The lowest BCUT2D eigenvalue weighted by atomic mass is 9.74. The molecule has 0 saturated carbocycles. The Morgan fingerprint density at radius 3 is 2.62 bits per heavy atom. The monoisotopic (exact) mass is 547 g/mol. The molecule has 0 unspecified atom stereocenters.